The van der Waals surface area contributed by atoms with Crippen LogP contribution < -0.4 is 20.1 Å². The fourth-order valence-corrected chi connectivity index (χ4v) is 2.61. The van der Waals surface area contributed by atoms with E-state index >= 15 is 0 Å². The monoisotopic (exact) mass is 499 g/mol. The largest absolute Gasteiger partial charge is 0.493 e. The van der Waals surface area contributed by atoms with Gasteiger partial charge in [-0.2, -0.15) is 0 Å². The minimum absolute atomic E-state index is 0. The highest BCUT2D eigenvalue weighted by molar-refractivity contribution is 14.0. The number of ether oxygens (including phenoxy) is 2. The Kier molecular flexibility index (Phi) is 11.4. The number of benzene rings is 2. The molecule has 0 aromatic heterocycles. The van der Waals surface area contributed by atoms with E-state index in [4.69, 9.17) is 14.6 Å². The number of aliphatic imine (C=N–C) groups is 1. The Labute approximate surface area is 184 Å². The van der Waals surface area contributed by atoms with Gasteiger partial charge in [-0.05, 0) is 37.1 Å². The van der Waals surface area contributed by atoms with Crippen molar-refractivity contribution in [2.24, 2.45) is 4.99 Å². The highest BCUT2D eigenvalue weighted by Gasteiger charge is 2.08. The molecule has 2 aromatic carbocycles. The van der Waals surface area contributed by atoms with Crippen LogP contribution in [0.5, 0.6) is 11.5 Å². The third kappa shape index (κ3) is 7.55. The Morgan fingerprint density at radius 3 is 2.54 bits per heavy atom. The first-order chi connectivity index (χ1) is 13.2. The number of hydrogen-bond acceptors (Lipinski definition) is 4. The average molecular weight is 499 g/mol. The zero-order chi connectivity index (χ0) is 19.5. The fraction of sp³-hybridized carbons (Fsp3) is 0.381. The number of hydrogen-bond donors (Lipinski definition) is 3. The smallest absolute Gasteiger partial charge is 0.192 e. The molecule has 7 heteroatoms. The standard InChI is InChI=1S/C21H29N3O3.HI/c1-4-22-21(24-16(2)18-8-6-5-7-9-18)23-15-17-10-11-19(27-13-12-25)20(14-17)26-3;/h5-11,14,16,25H,4,12-13,15H2,1-3H3,(H2,22,23,24);1H. The number of methoxy groups -OCH3 is 1. The number of guanidine groups is 1. The molecule has 0 fully saturated rings. The second-order valence-electron chi connectivity index (χ2n) is 6.03. The fourth-order valence-electron chi connectivity index (χ4n) is 2.61. The van der Waals surface area contributed by atoms with Gasteiger partial charge in [-0.15, -0.1) is 24.0 Å². The molecule has 0 saturated heterocycles. The summed E-state index contributed by atoms with van der Waals surface area (Å²) in [7, 11) is 1.60. The van der Waals surface area contributed by atoms with Crippen LogP contribution in [0.1, 0.15) is 31.0 Å². The van der Waals surface area contributed by atoms with E-state index in [0.29, 0.717) is 18.0 Å². The van der Waals surface area contributed by atoms with Gasteiger partial charge in [-0.3, -0.25) is 0 Å². The predicted octanol–water partition coefficient (Wildman–Crippen LogP) is 3.50. The Balaban J connectivity index is 0.00000392. The molecule has 3 N–H and O–H groups in total. The third-order valence-corrected chi connectivity index (χ3v) is 3.99. The van der Waals surface area contributed by atoms with Gasteiger partial charge in [0.15, 0.2) is 17.5 Å². The quantitative estimate of drug-likeness (QED) is 0.280. The lowest BCUT2D eigenvalue weighted by molar-refractivity contribution is 0.196. The summed E-state index contributed by atoms with van der Waals surface area (Å²) in [5, 5.41) is 15.6. The summed E-state index contributed by atoms with van der Waals surface area (Å²) in [5.41, 5.74) is 2.21. The van der Waals surface area contributed by atoms with Crippen LogP contribution in [0.4, 0.5) is 0 Å². The van der Waals surface area contributed by atoms with E-state index in [1.165, 1.54) is 5.56 Å². The highest BCUT2D eigenvalue weighted by Crippen LogP contribution is 2.28. The van der Waals surface area contributed by atoms with E-state index in [1.54, 1.807) is 7.11 Å². The molecule has 2 rings (SSSR count). The average Bonchev–Trinajstić information content (AvgIpc) is 2.71. The number of aliphatic hydroxyl groups is 1. The molecule has 154 valence electrons. The van der Waals surface area contributed by atoms with Crippen LogP contribution in [0.25, 0.3) is 0 Å². The van der Waals surface area contributed by atoms with E-state index in [1.807, 2.05) is 43.3 Å². The Morgan fingerprint density at radius 1 is 1.14 bits per heavy atom. The molecular formula is C21H30IN3O3. The van der Waals surface area contributed by atoms with Crippen molar-refractivity contribution in [2.75, 3.05) is 26.9 Å². The lowest BCUT2D eigenvalue weighted by Crippen LogP contribution is -2.38. The number of nitrogens with one attached hydrogen (secondary N) is 2. The van der Waals surface area contributed by atoms with Crippen molar-refractivity contribution in [1.82, 2.24) is 10.6 Å². The molecule has 1 unspecified atom stereocenters. The van der Waals surface area contributed by atoms with Crippen molar-refractivity contribution in [3.05, 3.63) is 59.7 Å². The van der Waals surface area contributed by atoms with Gasteiger partial charge in [0.1, 0.15) is 6.61 Å². The van der Waals surface area contributed by atoms with Gasteiger partial charge >= 0.3 is 0 Å². The predicted molar refractivity (Wildman–Crippen MR) is 124 cm³/mol. The lowest BCUT2D eigenvalue weighted by atomic mass is 10.1. The molecule has 0 bridgehead atoms. The lowest BCUT2D eigenvalue weighted by Gasteiger charge is -2.18. The minimum Gasteiger partial charge on any atom is -0.493 e. The Bertz CT molecular complexity index is 726. The minimum atomic E-state index is -0.0352. The topological polar surface area (TPSA) is 75.1 Å². The molecule has 6 nitrogen and oxygen atoms in total. The summed E-state index contributed by atoms with van der Waals surface area (Å²) >= 11 is 0. The molecule has 0 aliphatic rings. The van der Waals surface area contributed by atoms with E-state index in [-0.39, 0.29) is 43.2 Å². The van der Waals surface area contributed by atoms with Crippen molar-refractivity contribution in [3.63, 3.8) is 0 Å². The summed E-state index contributed by atoms with van der Waals surface area (Å²) in [6.07, 6.45) is 0. The van der Waals surface area contributed by atoms with Crippen LogP contribution in [-0.4, -0.2) is 37.9 Å². The van der Waals surface area contributed by atoms with Crippen LogP contribution in [0.2, 0.25) is 0 Å². The van der Waals surface area contributed by atoms with Crippen LogP contribution in [-0.2, 0) is 6.54 Å². The molecular weight excluding hydrogens is 469 g/mol. The number of rotatable bonds is 9. The van der Waals surface area contributed by atoms with Crippen LogP contribution >= 0.6 is 24.0 Å². The summed E-state index contributed by atoms with van der Waals surface area (Å²) in [6.45, 7) is 5.64. The van der Waals surface area contributed by atoms with Gasteiger partial charge in [0.05, 0.1) is 26.3 Å². The maximum atomic E-state index is 8.90. The molecule has 1 atom stereocenters. The summed E-state index contributed by atoms with van der Waals surface area (Å²) < 4.78 is 10.8. The molecule has 0 saturated carbocycles. The second kappa shape index (κ2) is 13.2. The first-order valence-corrected chi connectivity index (χ1v) is 9.18. The van der Waals surface area contributed by atoms with Crippen LogP contribution in [0.3, 0.4) is 0 Å². The number of nitrogens with zero attached hydrogens (tertiary/aromatic N) is 1. The number of aliphatic hydroxyl groups excluding tert-OH is 1. The SMILES string of the molecule is CCNC(=NCc1ccc(OCCO)c(OC)c1)NC(C)c1ccccc1.I. The molecule has 0 radical (unpaired) electrons. The Hall–Kier alpha value is -2.00. The van der Waals surface area contributed by atoms with Gasteiger partial charge in [-0.25, -0.2) is 4.99 Å². The van der Waals surface area contributed by atoms with Gasteiger partial charge < -0.3 is 25.2 Å². The summed E-state index contributed by atoms with van der Waals surface area (Å²) in [5.74, 6) is 2.00. The normalized spacial score (nSPS) is 11.9. The van der Waals surface area contributed by atoms with E-state index in [0.717, 1.165) is 18.1 Å². The second-order valence-corrected chi connectivity index (χ2v) is 6.03. The molecule has 0 amide bonds. The number of halogens is 1. The molecule has 0 aliphatic carbocycles. The van der Waals surface area contributed by atoms with Gasteiger partial charge in [0.2, 0.25) is 0 Å². The molecule has 0 heterocycles. The summed E-state index contributed by atoms with van der Waals surface area (Å²) in [4.78, 5) is 4.67. The maximum absolute atomic E-state index is 8.90. The molecule has 28 heavy (non-hydrogen) atoms. The van der Waals surface area contributed by atoms with E-state index in [2.05, 4.69) is 34.7 Å². The molecule has 2 aromatic rings. The molecule has 0 aliphatic heterocycles. The third-order valence-electron chi connectivity index (χ3n) is 3.99. The zero-order valence-corrected chi connectivity index (χ0v) is 19.0. The van der Waals surface area contributed by atoms with Crippen molar-refractivity contribution in [3.8, 4) is 11.5 Å². The van der Waals surface area contributed by atoms with Gasteiger partial charge in [0, 0.05) is 6.54 Å². The van der Waals surface area contributed by atoms with Crippen molar-refractivity contribution in [1.29, 1.82) is 0 Å². The zero-order valence-electron chi connectivity index (χ0n) is 16.6. The van der Waals surface area contributed by atoms with E-state index in [9.17, 15) is 0 Å². The van der Waals surface area contributed by atoms with Crippen molar-refractivity contribution >= 4 is 29.9 Å². The first-order valence-electron chi connectivity index (χ1n) is 9.18. The van der Waals surface area contributed by atoms with Crippen molar-refractivity contribution < 1.29 is 14.6 Å². The highest BCUT2D eigenvalue weighted by atomic mass is 127. The van der Waals surface area contributed by atoms with Crippen molar-refractivity contribution in [2.45, 2.75) is 26.4 Å². The van der Waals surface area contributed by atoms with E-state index < -0.39 is 0 Å². The van der Waals surface area contributed by atoms with Gasteiger partial charge in [0.25, 0.3) is 0 Å². The summed E-state index contributed by atoms with van der Waals surface area (Å²) in [6, 6.07) is 16.1. The van der Waals surface area contributed by atoms with Crippen LogP contribution in [0, 0.1) is 0 Å². The molecule has 0 spiro atoms. The van der Waals surface area contributed by atoms with Crippen LogP contribution in [0.15, 0.2) is 53.5 Å². The Morgan fingerprint density at radius 2 is 1.89 bits per heavy atom. The first kappa shape index (κ1) is 24.0. The maximum Gasteiger partial charge on any atom is 0.192 e. The van der Waals surface area contributed by atoms with Gasteiger partial charge in [-0.1, -0.05) is 36.4 Å².